The number of hydrogen-bond acceptors (Lipinski definition) is 7. The van der Waals surface area contributed by atoms with Crippen LogP contribution in [-0.4, -0.2) is 90.4 Å². The van der Waals surface area contributed by atoms with E-state index in [1.54, 1.807) is 49.3 Å². The maximum absolute atomic E-state index is 13.9. The van der Waals surface area contributed by atoms with Crippen molar-refractivity contribution < 1.29 is 28.8 Å². The molecule has 2 saturated carbocycles. The number of fused-ring (bicyclic) bond motifs is 1. The van der Waals surface area contributed by atoms with Gasteiger partial charge in [0.1, 0.15) is 18.1 Å². The number of likely N-dealkylation sites (tertiary alicyclic amines) is 1. The van der Waals surface area contributed by atoms with Crippen LogP contribution in [0.5, 0.6) is 0 Å². The topological polar surface area (TPSA) is 157 Å². The van der Waals surface area contributed by atoms with Gasteiger partial charge in [0, 0.05) is 20.6 Å². The van der Waals surface area contributed by atoms with Crippen LogP contribution < -0.4 is 20.8 Å². The molecule has 0 spiro atoms. The molecule has 3 unspecified atom stereocenters. The number of rotatable bonds is 13. The molecular formula is C33H47ClN6O6. The molecule has 46 heavy (non-hydrogen) atoms. The van der Waals surface area contributed by atoms with Crippen LogP contribution in [0.1, 0.15) is 65.5 Å². The quantitative estimate of drug-likeness (QED) is 0.185. The van der Waals surface area contributed by atoms with Crippen LogP contribution in [0.25, 0.3) is 0 Å². The summed E-state index contributed by atoms with van der Waals surface area (Å²) in [7, 11) is 3.14. The summed E-state index contributed by atoms with van der Waals surface area (Å²) < 4.78 is 0. The normalized spacial score (nSPS) is 23.3. The van der Waals surface area contributed by atoms with Crippen molar-refractivity contribution in [3.63, 3.8) is 0 Å². The number of halogens is 1. The Hall–Kier alpha value is -3.51. The summed E-state index contributed by atoms with van der Waals surface area (Å²) in [5.74, 6) is -3.44. The molecule has 252 valence electrons. The minimum absolute atomic E-state index is 0.0935. The third kappa shape index (κ3) is 7.71. The summed E-state index contributed by atoms with van der Waals surface area (Å²) in [6.45, 7) is 9.62. The Bertz CT molecular complexity index is 1360. The van der Waals surface area contributed by atoms with Gasteiger partial charge in [-0.2, -0.15) is 0 Å². The van der Waals surface area contributed by atoms with Crippen LogP contribution >= 0.6 is 11.8 Å². The summed E-state index contributed by atoms with van der Waals surface area (Å²) >= 11 is 5.99. The molecule has 2 aliphatic carbocycles. The Morgan fingerprint density at radius 3 is 2.20 bits per heavy atom. The highest BCUT2D eigenvalue weighted by atomic mass is 35.5. The van der Waals surface area contributed by atoms with E-state index in [0.717, 1.165) is 12.8 Å². The summed E-state index contributed by atoms with van der Waals surface area (Å²) in [6.07, 6.45) is 2.04. The average molecular weight is 659 g/mol. The summed E-state index contributed by atoms with van der Waals surface area (Å²) in [5.41, 5.74) is -0.102. The zero-order chi connectivity index (χ0) is 34.1. The fourth-order valence-electron chi connectivity index (χ4n) is 6.54. The number of Topliss-reactive ketones (excluding diaryl/α,β-unsaturated/α-hetero) is 1. The molecule has 0 aromatic heterocycles. The van der Waals surface area contributed by atoms with Gasteiger partial charge in [0.05, 0.1) is 12.6 Å². The van der Waals surface area contributed by atoms with Gasteiger partial charge in [0.2, 0.25) is 29.4 Å². The zero-order valence-electron chi connectivity index (χ0n) is 27.7. The van der Waals surface area contributed by atoms with Crippen LogP contribution in [0.3, 0.4) is 0 Å². The monoisotopic (exact) mass is 658 g/mol. The first-order valence-electron chi connectivity index (χ1n) is 15.8. The Balaban J connectivity index is 1.43. The van der Waals surface area contributed by atoms with Gasteiger partial charge in [-0.25, -0.2) is 4.84 Å². The maximum atomic E-state index is 13.9. The van der Waals surface area contributed by atoms with Gasteiger partial charge in [-0.1, -0.05) is 77.8 Å². The molecule has 3 fully saturated rings. The molecule has 0 bridgehead atoms. The Labute approximate surface area is 275 Å². The SMILES string of the molecule is CN(C)C(=O)[C@@H](NC(=O)CNC(=O)C(=O)C(CC1CC1)NC(=O)[C@@H]1[C@@H]2C(CN1C(=O)C(NCl)C(C)(C)C)C2(C)C)c1ccccc1. The third-order valence-electron chi connectivity index (χ3n) is 9.64. The molecule has 3 aliphatic rings. The molecule has 6 atom stereocenters. The van der Waals surface area contributed by atoms with Gasteiger partial charge < -0.3 is 25.8 Å². The average Bonchev–Trinajstić information content (AvgIpc) is 3.84. The molecule has 12 nitrogen and oxygen atoms in total. The highest BCUT2D eigenvalue weighted by Gasteiger charge is 2.69. The van der Waals surface area contributed by atoms with Crippen LogP contribution in [0.2, 0.25) is 0 Å². The first kappa shape index (κ1) is 35.3. The van der Waals surface area contributed by atoms with E-state index in [0.29, 0.717) is 12.1 Å². The minimum Gasteiger partial charge on any atom is -0.347 e. The summed E-state index contributed by atoms with van der Waals surface area (Å²) in [6, 6.07) is 5.06. The predicted octanol–water partition coefficient (Wildman–Crippen LogP) is 1.54. The number of carbonyl (C=O) groups is 6. The van der Waals surface area contributed by atoms with Crippen molar-refractivity contribution in [2.75, 3.05) is 27.2 Å². The number of likely N-dealkylation sites (N-methyl/N-ethyl adjacent to an activating group) is 1. The van der Waals surface area contributed by atoms with Gasteiger partial charge in [-0.3, -0.25) is 28.8 Å². The van der Waals surface area contributed by atoms with Crippen LogP contribution in [0.15, 0.2) is 30.3 Å². The van der Waals surface area contributed by atoms with Gasteiger partial charge >= 0.3 is 0 Å². The van der Waals surface area contributed by atoms with Gasteiger partial charge in [0.15, 0.2) is 0 Å². The lowest BCUT2D eigenvalue weighted by atomic mass is 9.86. The van der Waals surface area contributed by atoms with Crippen molar-refractivity contribution in [2.24, 2.45) is 28.6 Å². The van der Waals surface area contributed by atoms with E-state index < -0.39 is 59.6 Å². The number of piperidine rings is 1. The van der Waals surface area contributed by atoms with E-state index in [1.165, 1.54) is 4.90 Å². The molecule has 5 amide bonds. The second-order valence-corrected chi connectivity index (χ2v) is 14.9. The molecule has 1 aromatic carbocycles. The van der Waals surface area contributed by atoms with E-state index in [1.807, 2.05) is 20.8 Å². The molecular weight excluding hydrogens is 612 g/mol. The van der Waals surface area contributed by atoms with Crippen LogP contribution in [0, 0.1) is 28.6 Å². The van der Waals surface area contributed by atoms with Crippen molar-refractivity contribution in [2.45, 2.75) is 78.0 Å². The fourth-order valence-corrected chi connectivity index (χ4v) is 6.97. The minimum atomic E-state index is -1.11. The Kier molecular flexibility index (Phi) is 10.5. The first-order valence-corrected chi connectivity index (χ1v) is 16.2. The van der Waals surface area contributed by atoms with Gasteiger partial charge in [-0.15, -0.1) is 0 Å². The smallest absolute Gasteiger partial charge is 0.290 e. The van der Waals surface area contributed by atoms with Crippen molar-refractivity contribution in [1.29, 1.82) is 0 Å². The molecule has 1 heterocycles. The van der Waals surface area contributed by atoms with Crippen molar-refractivity contribution in [1.82, 2.24) is 30.6 Å². The Morgan fingerprint density at radius 1 is 1.02 bits per heavy atom. The largest absolute Gasteiger partial charge is 0.347 e. The van der Waals surface area contributed by atoms with Crippen LogP contribution in [0.4, 0.5) is 0 Å². The van der Waals surface area contributed by atoms with E-state index in [-0.39, 0.29) is 41.4 Å². The van der Waals surface area contributed by atoms with Crippen molar-refractivity contribution in [3.05, 3.63) is 35.9 Å². The molecule has 4 N–H and O–H groups in total. The molecule has 4 rings (SSSR count). The van der Waals surface area contributed by atoms with E-state index in [9.17, 15) is 28.8 Å². The maximum Gasteiger partial charge on any atom is 0.290 e. The molecule has 0 radical (unpaired) electrons. The predicted molar refractivity (Wildman–Crippen MR) is 172 cm³/mol. The van der Waals surface area contributed by atoms with Crippen molar-refractivity contribution in [3.8, 4) is 0 Å². The Morgan fingerprint density at radius 2 is 1.65 bits per heavy atom. The van der Waals surface area contributed by atoms with Crippen molar-refractivity contribution >= 4 is 47.1 Å². The summed E-state index contributed by atoms with van der Waals surface area (Å²) in [5, 5.41) is 7.79. The third-order valence-corrected chi connectivity index (χ3v) is 9.86. The number of benzene rings is 1. The number of carbonyl (C=O) groups excluding carboxylic acids is 6. The molecule has 1 saturated heterocycles. The number of ketones is 1. The lowest BCUT2D eigenvalue weighted by molar-refractivity contribution is -0.145. The first-order chi connectivity index (χ1) is 21.5. The zero-order valence-corrected chi connectivity index (χ0v) is 28.4. The molecule has 1 aromatic rings. The number of nitrogens with zero attached hydrogens (tertiary/aromatic N) is 2. The van der Waals surface area contributed by atoms with Gasteiger partial charge in [0.25, 0.3) is 5.91 Å². The molecule has 13 heteroatoms. The van der Waals surface area contributed by atoms with E-state index in [2.05, 4.69) is 34.6 Å². The molecule has 1 aliphatic heterocycles. The van der Waals surface area contributed by atoms with Crippen LogP contribution in [-0.2, 0) is 28.8 Å². The standard InChI is InChI=1S/C33H47ClN6O6/c1-32(2,3)27(38-34)31(46)40-17-20-23(33(20,4)5)25(40)28(43)36-21(15-18-13-14-18)26(42)29(44)35-16-22(41)37-24(30(45)39(6)7)19-11-9-8-10-12-19/h8-12,18,20-21,23-25,27,38H,13-17H2,1-7H3,(H,35,44)(H,36,43)(H,37,41)/t20?,21?,23-,24-,25-,27?/m0/s1. The van der Waals surface area contributed by atoms with E-state index in [4.69, 9.17) is 11.8 Å². The highest BCUT2D eigenvalue weighted by Crippen LogP contribution is 2.65. The van der Waals surface area contributed by atoms with Gasteiger partial charge in [-0.05, 0) is 52.3 Å². The fraction of sp³-hybridized carbons (Fsp3) is 0.636. The number of nitrogens with one attached hydrogen (secondary N) is 4. The second-order valence-electron chi connectivity index (χ2n) is 14.7. The number of amides is 5. The highest BCUT2D eigenvalue weighted by molar-refractivity contribution is 6.38. The lowest BCUT2D eigenvalue weighted by Crippen LogP contribution is -2.59. The second kappa shape index (κ2) is 13.7. The lowest BCUT2D eigenvalue weighted by Gasteiger charge is -2.37. The number of hydrogen-bond donors (Lipinski definition) is 4. The van der Waals surface area contributed by atoms with E-state index >= 15 is 0 Å². The summed E-state index contributed by atoms with van der Waals surface area (Å²) in [4.78, 5) is 85.0.